The third kappa shape index (κ3) is 4.11. The summed E-state index contributed by atoms with van der Waals surface area (Å²) >= 11 is 0. The molecule has 1 aliphatic rings. The van der Waals surface area contributed by atoms with E-state index >= 15 is 0 Å². The van der Waals surface area contributed by atoms with Crippen molar-refractivity contribution < 1.29 is 4.79 Å². The summed E-state index contributed by atoms with van der Waals surface area (Å²) in [5.74, 6) is -0.376. The van der Waals surface area contributed by atoms with E-state index in [0.29, 0.717) is 5.56 Å². The molecule has 29 heavy (non-hydrogen) atoms. The lowest BCUT2D eigenvalue weighted by atomic mass is 10.1. The van der Waals surface area contributed by atoms with E-state index in [1.807, 2.05) is 24.3 Å². The molecule has 3 aromatic rings. The van der Waals surface area contributed by atoms with Crippen LogP contribution in [0.15, 0.2) is 71.6 Å². The Kier molecular flexibility index (Phi) is 5.52. The molecule has 4 nitrogen and oxygen atoms in total. The normalized spacial score (nSPS) is 16.6. The summed E-state index contributed by atoms with van der Waals surface area (Å²) in [6.45, 7) is 4.15. The highest BCUT2D eigenvalue weighted by Crippen LogP contribution is 2.53. The lowest BCUT2D eigenvalue weighted by molar-refractivity contribution is 0.100. The molecule has 1 aliphatic heterocycles. The average Bonchev–Trinajstić information content (AvgIpc) is 3.00. The van der Waals surface area contributed by atoms with Gasteiger partial charge in [0.1, 0.15) is 0 Å². The first kappa shape index (κ1) is 19.8. The zero-order valence-electron chi connectivity index (χ0n) is 17.2. The fraction of sp³-hybridized carbons (Fsp3) is 0.292. The Morgan fingerprint density at radius 2 is 1.59 bits per heavy atom. The van der Waals surface area contributed by atoms with Gasteiger partial charge < -0.3 is 10.6 Å². The highest BCUT2D eigenvalue weighted by Gasteiger charge is 2.26. The molecular weight excluding hydrogens is 378 g/mol. The van der Waals surface area contributed by atoms with E-state index in [1.54, 1.807) is 0 Å². The minimum atomic E-state index is -1.05. The Hall–Kier alpha value is -2.50. The number of carbonyl (C=O) groups is 1. The van der Waals surface area contributed by atoms with Gasteiger partial charge in [-0.15, -0.1) is 0 Å². The van der Waals surface area contributed by atoms with E-state index in [4.69, 9.17) is 5.73 Å². The zero-order valence-corrected chi connectivity index (χ0v) is 18.0. The van der Waals surface area contributed by atoms with Gasteiger partial charge in [0.05, 0.1) is 0 Å². The molecule has 2 N–H and O–H groups in total. The molecule has 0 spiro atoms. The van der Waals surface area contributed by atoms with Gasteiger partial charge in [-0.1, -0.05) is 30.3 Å². The van der Waals surface area contributed by atoms with Crippen LogP contribution in [0.5, 0.6) is 0 Å². The van der Waals surface area contributed by atoms with Gasteiger partial charge in [-0.3, -0.25) is 9.10 Å². The van der Waals surface area contributed by atoms with Gasteiger partial charge in [0.25, 0.3) is 0 Å². The molecule has 3 aromatic carbocycles. The number of benzene rings is 3. The number of primary amides is 1. The van der Waals surface area contributed by atoms with Crippen molar-refractivity contribution in [3.8, 4) is 0 Å². The van der Waals surface area contributed by atoms with Crippen molar-refractivity contribution in [2.75, 3.05) is 43.6 Å². The van der Waals surface area contributed by atoms with Crippen LogP contribution in [0.4, 0.5) is 5.69 Å². The number of hydrogen-bond acceptors (Lipinski definition) is 3. The summed E-state index contributed by atoms with van der Waals surface area (Å²) in [4.78, 5) is 15.2. The number of hydrogen-bond donors (Lipinski definition) is 1. The predicted molar refractivity (Wildman–Crippen MR) is 125 cm³/mol. The van der Waals surface area contributed by atoms with Gasteiger partial charge in [0.15, 0.2) is 0 Å². The van der Waals surface area contributed by atoms with Crippen molar-refractivity contribution in [3.05, 3.63) is 72.3 Å². The maximum atomic E-state index is 11.3. The van der Waals surface area contributed by atoms with Gasteiger partial charge in [0.2, 0.25) is 5.91 Å². The molecule has 1 saturated heterocycles. The molecular formula is C24H29N3OS. The van der Waals surface area contributed by atoms with E-state index in [0.717, 1.165) is 38.3 Å². The van der Waals surface area contributed by atoms with Crippen LogP contribution in [-0.2, 0) is 0 Å². The summed E-state index contributed by atoms with van der Waals surface area (Å²) < 4.78 is 2.68. The van der Waals surface area contributed by atoms with Crippen molar-refractivity contribution in [3.63, 3.8) is 0 Å². The lowest BCUT2D eigenvalue weighted by Gasteiger charge is -2.43. The topological polar surface area (TPSA) is 49.6 Å². The van der Waals surface area contributed by atoms with Crippen LogP contribution in [-0.4, -0.2) is 48.9 Å². The monoisotopic (exact) mass is 407 g/mol. The van der Waals surface area contributed by atoms with Gasteiger partial charge in [-0.05, 0) is 66.1 Å². The third-order valence-electron chi connectivity index (χ3n) is 5.92. The molecule has 1 amide bonds. The Morgan fingerprint density at radius 1 is 0.862 bits per heavy atom. The van der Waals surface area contributed by atoms with Gasteiger partial charge in [-0.25, -0.2) is 0 Å². The molecule has 0 saturated carbocycles. The SMILES string of the molecule is CS(C)(c1ccc2ccccc2c1)N1CCCN(c2ccc(C(N)=O)cc2)CC1. The van der Waals surface area contributed by atoms with Crippen LogP contribution in [0, 0.1) is 0 Å². The maximum Gasteiger partial charge on any atom is 0.248 e. The van der Waals surface area contributed by atoms with E-state index in [1.165, 1.54) is 15.7 Å². The largest absolute Gasteiger partial charge is 0.370 e. The summed E-state index contributed by atoms with van der Waals surface area (Å²) in [6, 6.07) is 23.2. The summed E-state index contributed by atoms with van der Waals surface area (Å²) in [7, 11) is -1.05. The number of anilines is 1. The molecule has 0 aliphatic carbocycles. The molecule has 0 atom stereocenters. The van der Waals surface area contributed by atoms with Crippen LogP contribution in [0.25, 0.3) is 10.8 Å². The minimum absolute atomic E-state index is 0.376. The quantitative estimate of drug-likeness (QED) is 0.693. The molecule has 1 fully saturated rings. The molecule has 5 heteroatoms. The van der Waals surface area contributed by atoms with Crippen LogP contribution in [0.3, 0.4) is 0 Å². The van der Waals surface area contributed by atoms with Crippen LogP contribution >= 0.6 is 10.2 Å². The van der Waals surface area contributed by atoms with Crippen molar-refractivity contribution >= 4 is 32.6 Å². The first-order chi connectivity index (χ1) is 13.9. The molecule has 0 bridgehead atoms. The predicted octanol–water partition coefficient (Wildman–Crippen LogP) is 4.49. The fourth-order valence-electron chi connectivity index (χ4n) is 4.07. The molecule has 1 heterocycles. The van der Waals surface area contributed by atoms with Gasteiger partial charge >= 0.3 is 0 Å². The number of nitrogens with zero attached hydrogens (tertiary/aromatic N) is 2. The smallest absolute Gasteiger partial charge is 0.248 e. The Balaban J connectivity index is 1.51. The molecule has 0 unspecified atom stereocenters. The van der Waals surface area contributed by atoms with E-state index in [-0.39, 0.29) is 5.91 Å². The lowest BCUT2D eigenvalue weighted by Crippen LogP contribution is -2.32. The van der Waals surface area contributed by atoms with Gasteiger partial charge in [0, 0.05) is 42.3 Å². The highest BCUT2D eigenvalue weighted by atomic mass is 32.3. The number of fused-ring (bicyclic) bond motifs is 1. The molecule has 152 valence electrons. The Labute approximate surface area is 174 Å². The van der Waals surface area contributed by atoms with Gasteiger partial charge in [-0.2, -0.15) is 10.2 Å². The second kappa shape index (κ2) is 8.09. The number of rotatable bonds is 4. The average molecular weight is 408 g/mol. The van der Waals surface area contributed by atoms with Crippen LogP contribution in [0.2, 0.25) is 0 Å². The van der Waals surface area contributed by atoms with Crippen LogP contribution in [0.1, 0.15) is 16.8 Å². The summed E-state index contributed by atoms with van der Waals surface area (Å²) in [5.41, 5.74) is 7.09. The highest BCUT2D eigenvalue weighted by molar-refractivity contribution is 8.30. The minimum Gasteiger partial charge on any atom is -0.370 e. The molecule has 0 aromatic heterocycles. The van der Waals surface area contributed by atoms with Crippen molar-refractivity contribution in [1.29, 1.82) is 0 Å². The third-order valence-corrected chi connectivity index (χ3v) is 8.98. The van der Waals surface area contributed by atoms with E-state index < -0.39 is 10.2 Å². The van der Waals surface area contributed by atoms with E-state index in [2.05, 4.69) is 64.2 Å². The second-order valence-corrected chi connectivity index (χ2v) is 11.5. The van der Waals surface area contributed by atoms with E-state index in [9.17, 15) is 4.79 Å². The fourth-order valence-corrected chi connectivity index (χ4v) is 6.31. The number of nitrogens with two attached hydrogens (primary N) is 1. The number of carbonyl (C=O) groups excluding carboxylic acids is 1. The summed E-state index contributed by atoms with van der Waals surface area (Å²) in [5, 5.41) is 2.62. The Bertz CT molecular complexity index is 1020. The molecule has 0 radical (unpaired) electrons. The second-order valence-electron chi connectivity index (χ2n) is 7.96. The van der Waals surface area contributed by atoms with Crippen LogP contribution < -0.4 is 10.6 Å². The Morgan fingerprint density at radius 3 is 2.31 bits per heavy atom. The van der Waals surface area contributed by atoms with Crippen molar-refractivity contribution in [1.82, 2.24) is 4.31 Å². The van der Waals surface area contributed by atoms with Crippen molar-refractivity contribution in [2.45, 2.75) is 11.3 Å². The van der Waals surface area contributed by atoms with Crippen molar-refractivity contribution in [2.24, 2.45) is 5.73 Å². The number of amides is 1. The standard InChI is InChI=1S/C24H29N3OS/c1-29(2,23-13-10-19-6-3-4-7-21(19)18-23)27-15-5-14-26(16-17-27)22-11-8-20(9-12-22)24(25)28/h3-4,6-13,18H,5,14-17H2,1-2H3,(H2,25,28). The first-order valence-electron chi connectivity index (χ1n) is 10.1. The first-order valence-corrected chi connectivity index (χ1v) is 12.5. The molecule has 4 rings (SSSR count). The zero-order chi connectivity index (χ0) is 20.4. The maximum absolute atomic E-state index is 11.3. The summed E-state index contributed by atoms with van der Waals surface area (Å²) in [6.07, 6.45) is 5.95.